The third-order valence-electron chi connectivity index (χ3n) is 1.00. The lowest BCUT2D eigenvalue weighted by Gasteiger charge is -2.04. The van der Waals surface area contributed by atoms with Crippen molar-refractivity contribution in [2.45, 2.75) is 6.42 Å². The first-order valence-corrected chi connectivity index (χ1v) is 6.06. The van der Waals surface area contributed by atoms with Gasteiger partial charge in [-0.1, -0.05) is 0 Å². The highest BCUT2D eigenvalue weighted by Gasteiger charge is 1.94. The lowest BCUT2D eigenvalue weighted by Crippen LogP contribution is -2.33. The van der Waals surface area contributed by atoms with Gasteiger partial charge in [-0.2, -0.15) is 14.2 Å². The first-order valence-electron chi connectivity index (χ1n) is 3.74. The van der Waals surface area contributed by atoms with E-state index in [2.05, 4.69) is 47.3 Å². The molecule has 74 valence electrons. The Kier molecular flexibility index (Phi) is 9.50. The van der Waals surface area contributed by atoms with Crippen LogP contribution in [0.15, 0.2) is 5.10 Å². The van der Waals surface area contributed by atoms with Crippen molar-refractivity contribution in [2.75, 3.05) is 13.2 Å². The molecule has 0 aliphatic rings. The molecule has 1 unspecified atom stereocenters. The molecule has 0 fully saturated rings. The number of hydrazone groups is 1. The molecule has 0 aromatic heterocycles. The Morgan fingerprint density at radius 1 is 1.77 bits per heavy atom. The SMILES string of the molecule is OCCCNC(=S)NN=CB(P)I. The first-order chi connectivity index (χ1) is 6.16. The van der Waals surface area contributed by atoms with Crippen LogP contribution in [0.1, 0.15) is 6.42 Å². The molecule has 0 saturated carbocycles. The molecule has 0 saturated heterocycles. The van der Waals surface area contributed by atoms with Crippen LogP contribution < -0.4 is 10.7 Å². The maximum absolute atomic E-state index is 8.49. The summed E-state index contributed by atoms with van der Waals surface area (Å²) in [5.41, 5.74) is 2.66. The van der Waals surface area contributed by atoms with Crippen molar-refractivity contribution >= 4 is 59.2 Å². The molecule has 0 amide bonds. The van der Waals surface area contributed by atoms with Crippen molar-refractivity contribution < 1.29 is 5.11 Å². The van der Waals surface area contributed by atoms with E-state index in [0.717, 1.165) is 0 Å². The van der Waals surface area contributed by atoms with Gasteiger partial charge in [0.2, 0.25) is 0 Å². The fraction of sp³-hybridized carbons (Fsp3) is 0.600. The Morgan fingerprint density at radius 2 is 2.46 bits per heavy atom. The zero-order valence-corrected chi connectivity index (χ0v) is 11.2. The van der Waals surface area contributed by atoms with Crippen LogP contribution in [0.4, 0.5) is 0 Å². The predicted octanol–water partition coefficient (Wildman–Crippen LogP) is 0.156. The van der Waals surface area contributed by atoms with Crippen LogP contribution in [0.25, 0.3) is 0 Å². The molecule has 13 heavy (non-hydrogen) atoms. The van der Waals surface area contributed by atoms with Gasteiger partial charge in [-0.3, -0.25) is 5.43 Å². The van der Waals surface area contributed by atoms with E-state index >= 15 is 0 Å². The predicted molar refractivity (Wildman–Crippen MR) is 73.4 cm³/mol. The molecule has 0 radical (unpaired) electrons. The third-order valence-corrected chi connectivity index (χ3v) is 1.73. The summed E-state index contributed by atoms with van der Waals surface area (Å²) in [7, 11) is 2.58. The van der Waals surface area contributed by atoms with Crippen molar-refractivity contribution in [1.82, 2.24) is 10.7 Å². The summed E-state index contributed by atoms with van der Waals surface area (Å²) >= 11 is 7.09. The molecule has 1 atom stereocenters. The number of aliphatic hydroxyl groups is 1. The van der Waals surface area contributed by atoms with Gasteiger partial charge in [0.05, 0.1) is 0 Å². The standard InChI is InChI=1S/C5H12BIN3OPS/c7-6(12)4-9-10-5(13)8-2-1-3-11/h4,11H,1-3,12H2,(H2,8,10,13). The highest BCUT2D eigenvalue weighted by molar-refractivity contribution is 14.1. The third kappa shape index (κ3) is 10.5. The second-order valence-corrected chi connectivity index (χ2v) is 6.09. The molecule has 3 N–H and O–H groups in total. The van der Waals surface area contributed by atoms with Gasteiger partial charge in [0.15, 0.2) is 5.11 Å². The average molecular weight is 331 g/mol. The Morgan fingerprint density at radius 3 is 3.00 bits per heavy atom. The van der Waals surface area contributed by atoms with E-state index < -0.39 is 0 Å². The number of halogens is 1. The molecular weight excluding hydrogens is 319 g/mol. The van der Waals surface area contributed by atoms with E-state index in [-0.39, 0.29) is 6.61 Å². The zero-order chi connectivity index (χ0) is 10.1. The van der Waals surface area contributed by atoms with Crippen LogP contribution in [-0.4, -0.2) is 33.8 Å². The molecule has 0 bridgehead atoms. The molecule has 0 spiro atoms. The molecular formula is C5H12BIN3OPS. The molecule has 8 heteroatoms. The molecule has 0 aliphatic heterocycles. The molecule has 0 rings (SSSR count). The molecule has 0 heterocycles. The second kappa shape index (κ2) is 9.11. The number of rotatable bonds is 5. The molecule has 0 aromatic carbocycles. The van der Waals surface area contributed by atoms with Gasteiger partial charge in [-0.15, -0.1) is 22.4 Å². The zero-order valence-electron chi connectivity index (χ0n) is 7.03. The van der Waals surface area contributed by atoms with Gasteiger partial charge in [-0.25, -0.2) is 0 Å². The van der Waals surface area contributed by atoms with E-state index in [4.69, 9.17) is 17.3 Å². The number of hydrogen-bond donors (Lipinski definition) is 3. The van der Waals surface area contributed by atoms with Crippen LogP contribution in [-0.2, 0) is 0 Å². The van der Waals surface area contributed by atoms with Crippen molar-refractivity contribution in [3.05, 3.63) is 0 Å². The minimum atomic E-state index is 0.167. The largest absolute Gasteiger partial charge is 0.396 e. The van der Waals surface area contributed by atoms with Gasteiger partial charge < -0.3 is 10.4 Å². The number of nitrogens with zero attached hydrogens (tertiary/aromatic N) is 1. The number of nitrogens with one attached hydrogen (secondary N) is 2. The Hall–Kier alpha value is 0.545. The van der Waals surface area contributed by atoms with Crippen LogP contribution in [0, 0.1) is 0 Å². The molecule has 0 aromatic rings. The topological polar surface area (TPSA) is 56.6 Å². The number of aliphatic hydroxyl groups excluding tert-OH is 1. The van der Waals surface area contributed by atoms with E-state index in [9.17, 15) is 0 Å². The Labute approximate surface area is 99.4 Å². The van der Waals surface area contributed by atoms with Crippen LogP contribution in [0.2, 0.25) is 0 Å². The summed E-state index contributed by atoms with van der Waals surface area (Å²) in [6, 6.07) is 0. The van der Waals surface area contributed by atoms with Crippen molar-refractivity contribution in [1.29, 1.82) is 0 Å². The summed E-state index contributed by atoms with van der Waals surface area (Å²) in [5, 5.41) is 15.7. The minimum Gasteiger partial charge on any atom is -0.396 e. The lowest BCUT2D eigenvalue weighted by atomic mass is 10.2. The summed E-state index contributed by atoms with van der Waals surface area (Å²) in [6.07, 6.45) is 2.41. The fourth-order valence-electron chi connectivity index (χ4n) is 0.488. The summed E-state index contributed by atoms with van der Waals surface area (Å²) < 4.78 is 0.297. The molecule has 0 aliphatic carbocycles. The van der Waals surface area contributed by atoms with Crippen LogP contribution in [0.3, 0.4) is 0 Å². The number of hydrogen-bond acceptors (Lipinski definition) is 3. The first kappa shape index (κ1) is 13.5. The van der Waals surface area contributed by atoms with E-state index in [1.54, 1.807) is 6.11 Å². The summed E-state index contributed by atoms with van der Waals surface area (Å²) in [4.78, 5) is 0. The van der Waals surface area contributed by atoms with Gasteiger partial charge in [0, 0.05) is 19.3 Å². The average Bonchev–Trinajstić information content (AvgIpc) is 2.04. The Bertz CT molecular complexity index is 183. The molecule has 4 nitrogen and oxygen atoms in total. The highest BCUT2D eigenvalue weighted by Crippen LogP contribution is 1.98. The minimum absolute atomic E-state index is 0.167. The normalized spacial score (nSPS) is 10.1. The van der Waals surface area contributed by atoms with Crippen molar-refractivity contribution in [3.63, 3.8) is 0 Å². The van der Waals surface area contributed by atoms with Crippen molar-refractivity contribution in [2.24, 2.45) is 5.10 Å². The fourth-order valence-corrected chi connectivity index (χ4v) is 0.889. The summed E-state index contributed by atoms with van der Waals surface area (Å²) in [5.74, 6) is 0. The van der Waals surface area contributed by atoms with Crippen molar-refractivity contribution in [3.8, 4) is 0 Å². The van der Waals surface area contributed by atoms with Gasteiger partial charge in [0.1, 0.15) is 0 Å². The van der Waals surface area contributed by atoms with E-state index in [1.807, 2.05) is 0 Å². The van der Waals surface area contributed by atoms with E-state index in [1.165, 1.54) is 0 Å². The van der Waals surface area contributed by atoms with Crippen LogP contribution >= 0.6 is 43.7 Å². The maximum Gasteiger partial charge on any atom is 0.286 e. The second-order valence-electron chi connectivity index (χ2n) is 2.17. The van der Waals surface area contributed by atoms with Gasteiger partial charge in [-0.05, 0) is 18.6 Å². The van der Waals surface area contributed by atoms with E-state index in [0.29, 0.717) is 22.4 Å². The summed E-state index contributed by atoms with van der Waals surface area (Å²) in [6.45, 7) is 0.826. The van der Waals surface area contributed by atoms with Gasteiger partial charge >= 0.3 is 0 Å². The Balaban J connectivity index is 3.40. The quantitative estimate of drug-likeness (QED) is 0.128. The maximum atomic E-state index is 8.49. The highest BCUT2D eigenvalue weighted by atomic mass is 127. The smallest absolute Gasteiger partial charge is 0.286 e. The van der Waals surface area contributed by atoms with Gasteiger partial charge in [0.25, 0.3) is 4.29 Å². The number of thiocarbonyl (C=S) groups is 1. The lowest BCUT2D eigenvalue weighted by molar-refractivity contribution is 0.289. The van der Waals surface area contributed by atoms with Crippen LogP contribution in [0.5, 0.6) is 0 Å². The monoisotopic (exact) mass is 331 g/mol.